The number of fused-ring (bicyclic) bond motifs is 1. The van der Waals surface area contributed by atoms with Gasteiger partial charge in [-0.3, -0.25) is 0 Å². The van der Waals surface area contributed by atoms with Crippen LogP contribution in [0.2, 0.25) is 0 Å². The Morgan fingerprint density at radius 3 is 1.71 bits per heavy atom. The van der Waals surface area contributed by atoms with E-state index in [0.717, 1.165) is 25.7 Å². The molecule has 0 bridgehead atoms. The van der Waals surface area contributed by atoms with Gasteiger partial charge < -0.3 is 5.73 Å². The van der Waals surface area contributed by atoms with Gasteiger partial charge in [-0.25, -0.2) is 8.78 Å². The molecule has 3 rings (SSSR count). The minimum Gasteiger partial charge on any atom is -0.328 e. The molecule has 3 aliphatic carbocycles. The third-order valence-electron chi connectivity index (χ3n) is 4.69. The molecule has 0 heterocycles. The van der Waals surface area contributed by atoms with Crippen LogP contribution in [-0.4, -0.2) is 12.0 Å². The molecule has 0 aliphatic heterocycles. The summed E-state index contributed by atoms with van der Waals surface area (Å²) >= 11 is 0. The zero-order valence-corrected chi connectivity index (χ0v) is 8.88. The number of rotatable bonds is 0. The molecule has 0 aromatic heterocycles. The minimum absolute atomic E-state index is 0. The molecule has 4 heteroatoms. The first-order chi connectivity index (χ1) is 6.06. The van der Waals surface area contributed by atoms with E-state index in [9.17, 15) is 8.78 Å². The van der Waals surface area contributed by atoms with Crippen molar-refractivity contribution in [3.63, 3.8) is 0 Å². The summed E-state index contributed by atoms with van der Waals surface area (Å²) in [6, 6.07) is 0.179. The molecule has 0 amide bonds. The third kappa shape index (κ3) is 0.843. The Morgan fingerprint density at radius 1 is 0.929 bits per heavy atom. The van der Waals surface area contributed by atoms with Crippen molar-refractivity contribution in [1.29, 1.82) is 0 Å². The van der Waals surface area contributed by atoms with Gasteiger partial charge in [-0.1, -0.05) is 0 Å². The van der Waals surface area contributed by atoms with Crippen molar-refractivity contribution in [3.05, 3.63) is 0 Å². The fourth-order valence-corrected chi connectivity index (χ4v) is 3.58. The zero-order chi connectivity index (χ0) is 9.32. The average Bonchev–Trinajstić information content (AvgIpc) is 2.92. The van der Waals surface area contributed by atoms with E-state index in [4.69, 9.17) is 5.73 Å². The monoisotopic (exact) mass is 223 g/mol. The maximum absolute atomic E-state index is 13.6. The standard InChI is InChI=1S/C10H15F2N.ClH/c11-10(12)8(9(10)5-6-9)3-1-7(13)2-4-8;/h7H,1-6,13H2;1H. The molecule has 1 nitrogen and oxygen atoms in total. The molecule has 3 saturated carbocycles. The van der Waals surface area contributed by atoms with Crippen molar-refractivity contribution in [3.8, 4) is 0 Å². The predicted octanol–water partition coefficient (Wildman–Crippen LogP) is 2.73. The first-order valence-electron chi connectivity index (χ1n) is 5.19. The van der Waals surface area contributed by atoms with Crippen molar-refractivity contribution in [2.75, 3.05) is 0 Å². The Bertz CT molecular complexity index is 249. The van der Waals surface area contributed by atoms with Gasteiger partial charge >= 0.3 is 0 Å². The van der Waals surface area contributed by atoms with Crippen LogP contribution in [0.5, 0.6) is 0 Å². The molecule has 0 atom stereocenters. The molecule has 14 heavy (non-hydrogen) atoms. The number of halogens is 3. The Balaban J connectivity index is 0.000000750. The summed E-state index contributed by atoms with van der Waals surface area (Å²) in [6.07, 6.45) is 4.46. The summed E-state index contributed by atoms with van der Waals surface area (Å²) < 4.78 is 27.2. The van der Waals surface area contributed by atoms with E-state index in [-0.39, 0.29) is 18.4 Å². The van der Waals surface area contributed by atoms with Crippen LogP contribution < -0.4 is 5.73 Å². The van der Waals surface area contributed by atoms with E-state index in [1.54, 1.807) is 0 Å². The smallest absolute Gasteiger partial charge is 0.260 e. The second-order valence-electron chi connectivity index (χ2n) is 5.08. The van der Waals surface area contributed by atoms with Crippen LogP contribution in [0.4, 0.5) is 8.78 Å². The van der Waals surface area contributed by atoms with Crippen molar-refractivity contribution in [2.45, 2.75) is 50.5 Å². The molecule has 2 spiro atoms. The van der Waals surface area contributed by atoms with E-state index in [1.807, 2.05) is 0 Å². The molecule has 0 unspecified atom stereocenters. The van der Waals surface area contributed by atoms with Crippen molar-refractivity contribution >= 4 is 12.4 Å². The van der Waals surface area contributed by atoms with E-state index in [2.05, 4.69) is 0 Å². The van der Waals surface area contributed by atoms with Crippen LogP contribution in [0, 0.1) is 10.8 Å². The van der Waals surface area contributed by atoms with E-state index in [0.29, 0.717) is 12.8 Å². The minimum atomic E-state index is -2.35. The molecular formula is C10H16ClF2N. The molecule has 0 radical (unpaired) electrons. The van der Waals surface area contributed by atoms with E-state index in [1.165, 1.54) is 0 Å². The maximum Gasteiger partial charge on any atom is 0.260 e. The summed E-state index contributed by atoms with van der Waals surface area (Å²) in [7, 11) is 0. The first kappa shape index (κ1) is 10.6. The summed E-state index contributed by atoms with van der Waals surface area (Å²) in [5, 5.41) is 0. The van der Waals surface area contributed by atoms with Crippen LogP contribution in [-0.2, 0) is 0 Å². The SMILES string of the molecule is Cl.NC1CCC2(CC1)C(F)(F)C21CC1. The van der Waals surface area contributed by atoms with Crippen LogP contribution >= 0.6 is 12.4 Å². The highest BCUT2D eigenvalue weighted by Crippen LogP contribution is 2.90. The molecule has 2 N–H and O–H groups in total. The number of alkyl halides is 2. The largest absolute Gasteiger partial charge is 0.328 e. The van der Waals surface area contributed by atoms with Gasteiger partial charge in [-0.05, 0) is 38.5 Å². The Morgan fingerprint density at radius 2 is 1.36 bits per heavy atom. The van der Waals surface area contributed by atoms with Crippen molar-refractivity contribution in [1.82, 2.24) is 0 Å². The van der Waals surface area contributed by atoms with Gasteiger partial charge in [0.1, 0.15) is 0 Å². The summed E-state index contributed by atoms with van der Waals surface area (Å²) in [6.45, 7) is 0. The highest BCUT2D eigenvalue weighted by molar-refractivity contribution is 5.85. The van der Waals surface area contributed by atoms with Gasteiger partial charge in [-0.2, -0.15) is 0 Å². The highest BCUT2D eigenvalue weighted by atomic mass is 35.5. The Labute approximate surface area is 88.8 Å². The predicted molar refractivity (Wildman–Crippen MR) is 52.7 cm³/mol. The lowest BCUT2D eigenvalue weighted by molar-refractivity contribution is 0.0405. The molecule has 0 aromatic carbocycles. The van der Waals surface area contributed by atoms with Crippen LogP contribution in [0.1, 0.15) is 38.5 Å². The van der Waals surface area contributed by atoms with Crippen LogP contribution in [0.25, 0.3) is 0 Å². The molecule has 82 valence electrons. The molecule has 3 fully saturated rings. The first-order valence-corrected chi connectivity index (χ1v) is 5.19. The number of hydrogen-bond donors (Lipinski definition) is 1. The Kier molecular flexibility index (Phi) is 1.98. The molecule has 3 aliphatic rings. The second kappa shape index (κ2) is 2.62. The molecule has 0 aromatic rings. The van der Waals surface area contributed by atoms with E-state index < -0.39 is 16.8 Å². The van der Waals surface area contributed by atoms with Gasteiger partial charge in [0, 0.05) is 16.9 Å². The lowest BCUT2D eigenvalue weighted by Gasteiger charge is -2.26. The number of nitrogens with two attached hydrogens (primary N) is 1. The van der Waals surface area contributed by atoms with Gasteiger partial charge in [0.2, 0.25) is 0 Å². The van der Waals surface area contributed by atoms with Gasteiger partial charge in [0.15, 0.2) is 0 Å². The van der Waals surface area contributed by atoms with Gasteiger partial charge in [-0.15, -0.1) is 12.4 Å². The van der Waals surface area contributed by atoms with Crippen molar-refractivity contribution < 1.29 is 8.78 Å². The van der Waals surface area contributed by atoms with E-state index >= 15 is 0 Å². The quantitative estimate of drug-likeness (QED) is 0.672. The lowest BCUT2D eigenvalue weighted by atomic mass is 9.81. The summed E-state index contributed by atoms with van der Waals surface area (Å²) in [5.41, 5.74) is 4.59. The van der Waals surface area contributed by atoms with Gasteiger partial charge in [0.05, 0.1) is 0 Å². The highest BCUT2D eigenvalue weighted by Gasteiger charge is 2.94. The van der Waals surface area contributed by atoms with Crippen LogP contribution in [0.15, 0.2) is 0 Å². The third-order valence-corrected chi connectivity index (χ3v) is 4.69. The topological polar surface area (TPSA) is 26.0 Å². The lowest BCUT2D eigenvalue weighted by Crippen LogP contribution is -2.30. The zero-order valence-electron chi connectivity index (χ0n) is 8.06. The fraction of sp³-hybridized carbons (Fsp3) is 1.00. The summed E-state index contributed by atoms with van der Waals surface area (Å²) in [4.78, 5) is 0. The van der Waals surface area contributed by atoms with Crippen LogP contribution in [0.3, 0.4) is 0 Å². The average molecular weight is 224 g/mol. The second-order valence-corrected chi connectivity index (χ2v) is 5.08. The maximum atomic E-state index is 13.6. The number of hydrogen-bond acceptors (Lipinski definition) is 1. The fourth-order valence-electron chi connectivity index (χ4n) is 3.58. The Hall–Kier alpha value is 0.110. The van der Waals surface area contributed by atoms with Crippen molar-refractivity contribution in [2.24, 2.45) is 16.6 Å². The van der Waals surface area contributed by atoms with Gasteiger partial charge in [0.25, 0.3) is 5.92 Å². The normalized spacial score (nSPS) is 46.1. The summed E-state index contributed by atoms with van der Waals surface area (Å²) in [5.74, 6) is -2.35. The molecular weight excluding hydrogens is 208 g/mol. The molecule has 0 saturated heterocycles.